The fraction of sp³-hybridized carbons (Fsp3) is 0.944. The van der Waals surface area contributed by atoms with Crippen molar-refractivity contribution in [2.45, 2.75) is 72.0 Å². The number of likely N-dealkylation sites (tertiary alicyclic amines) is 2. The molecule has 2 rings (SSSR count). The minimum atomic E-state index is -3.40. The molecule has 0 aromatic heterocycles. The number of rotatable bonds is 5. The summed E-state index contributed by atoms with van der Waals surface area (Å²) in [4.78, 5) is 17.7. The highest BCUT2D eigenvalue weighted by Gasteiger charge is 2.48. The van der Waals surface area contributed by atoms with E-state index in [2.05, 4.69) is 18.7 Å². The van der Waals surface area contributed by atoms with E-state index in [4.69, 9.17) is 0 Å². The number of hydrogen-bond donors (Lipinski definition) is 0. The van der Waals surface area contributed by atoms with Crippen LogP contribution in [0.25, 0.3) is 0 Å². The first-order chi connectivity index (χ1) is 11.5. The second-order valence-electron chi connectivity index (χ2n) is 8.45. The van der Waals surface area contributed by atoms with Crippen molar-refractivity contribution in [3.63, 3.8) is 0 Å². The fourth-order valence-electron chi connectivity index (χ4n) is 4.24. The fourth-order valence-corrected chi connectivity index (χ4v) is 5.34. The van der Waals surface area contributed by atoms with Crippen LogP contribution < -0.4 is 0 Å². The lowest BCUT2D eigenvalue weighted by atomic mass is 9.77. The second kappa shape index (κ2) is 7.53. The molecule has 146 valence electrons. The van der Waals surface area contributed by atoms with E-state index in [-0.39, 0.29) is 23.1 Å². The summed E-state index contributed by atoms with van der Waals surface area (Å²) in [6.45, 7) is 12.8. The van der Waals surface area contributed by atoms with E-state index in [9.17, 15) is 13.2 Å². The van der Waals surface area contributed by atoms with Crippen LogP contribution >= 0.6 is 0 Å². The van der Waals surface area contributed by atoms with Crippen LogP contribution in [0.3, 0.4) is 0 Å². The normalized spacial score (nSPS) is 26.6. The standard InChI is InChI=1S/C18H35N3O3S/c1-7-25(23,24)19(6)16-17(22)21(13-10-18(16,4)5)15-8-11-20(12-9-15)14(2)3/h14-16H,7-13H2,1-6H3. The number of hydrogen-bond acceptors (Lipinski definition) is 4. The lowest BCUT2D eigenvalue weighted by Gasteiger charge is -2.49. The molecule has 0 bridgehead atoms. The van der Waals surface area contributed by atoms with Crippen molar-refractivity contribution in [2.24, 2.45) is 5.41 Å². The lowest BCUT2D eigenvalue weighted by molar-refractivity contribution is -0.148. The summed E-state index contributed by atoms with van der Waals surface area (Å²) >= 11 is 0. The smallest absolute Gasteiger partial charge is 0.241 e. The van der Waals surface area contributed by atoms with E-state index in [1.807, 2.05) is 18.7 Å². The Hall–Kier alpha value is -0.660. The number of carbonyl (C=O) groups is 1. The maximum atomic E-state index is 13.3. The zero-order valence-corrected chi connectivity index (χ0v) is 17.5. The van der Waals surface area contributed by atoms with Crippen LogP contribution in [-0.4, -0.2) is 79.0 Å². The van der Waals surface area contributed by atoms with Gasteiger partial charge in [0.1, 0.15) is 6.04 Å². The van der Waals surface area contributed by atoms with Gasteiger partial charge in [0.25, 0.3) is 0 Å². The van der Waals surface area contributed by atoms with Crippen LogP contribution in [0.1, 0.15) is 53.9 Å². The first kappa shape index (κ1) is 20.6. The molecule has 7 heteroatoms. The van der Waals surface area contributed by atoms with Gasteiger partial charge in [-0.1, -0.05) is 13.8 Å². The Balaban J connectivity index is 2.17. The SMILES string of the molecule is CCS(=O)(=O)N(C)C1C(=O)N(C2CCN(C(C)C)CC2)CCC1(C)C. The monoisotopic (exact) mass is 373 g/mol. The highest BCUT2D eigenvalue weighted by molar-refractivity contribution is 7.89. The highest BCUT2D eigenvalue weighted by Crippen LogP contribution is 2.37. The van der Waals surface area contributed by atoms with Gasteiger partial charge in [-0.25, -0.2) is 8.42 Å². The molecule has 0 aliphatic carbocycles. The number of piperidine rings is 2. The lowest BCUT2D eigenvalue weighted by Crippen LogP contribution is -2.63. The maximum Gasteiger partial charge on any atom is 0.241 e. The summed E-state index contributed by atoms with van der Waals surface area (Å²) in [5.74, 6) is 0.00892. The van der Waals surface area contributed by atoms with Crippen molar-refractivity contribution < 1.29 is 13.2 Å². The number of nitrogens with zero attached hydrogens (tertiary/aromatic N) is 3. The van der Waals surface area contributed by atoms with E-state index >= 15 is 0 Å². The molecule has 0 radical (unpaired) electrons. The molecule has 2 saturated heterocycles. The number of carbonyl (C=O) groups excluding carboxylic acids is 1. The molecule has 6 nitrogen and oxygen atoms in total. The third kappa shape index (κ3) is 4.19. The first-order valence-corrected chi connectivity index (χ1v) is 11.1. The van der Waals surface area contributed by atoms with Crippen LogP contribution in [0.5, 0.6) is 0 Å². The van der Waals surface area contributed by atoms with Gasteiger partial charge in [0.05, 0.1) is 5.75 Å². The molecule has 0 spiro atoms. The summed E-state index contributed by atoms with van der Waals surface area (Å²) in [5, 5.41) is 0. The van der Waals surface area contributed by atoms with Crippen molar-refractivity contribution in [2.75, 3.05) is 32.4 Å². The van der Waals surface area contributed by atoms with Gasteiger partial charge in [0.15, 0.2) is 0 Å². The Morgan fingerprint density at radius 2 is 1.76 bits per heavy atom. The predicted octanol–water partition coefficient (Wildman–Crippen LogP) is 1.77. The van der Waals surface area contributed by atoms with Crippen molar-refractivity contribution in [1.29, 1.82) is 0 Å². The Labute approximate surface area is 153 Å². The van der Waals surface area contributed by atoms with E-state index in [1.165, 1.54) is 4.31 Å². The Kier molecular flexibility index (Phi) is 6.22. The van der Waals surface area contributed by atoms with Crippen LogP contribution in [-0.2, 0) is 14.8 Å². The molecule has 25 heavy (non-hydrogen) atoms. The molecule has 0 aromatic carbocycles. The minimum Gasteiger partial charge on any atom is -0.338 e. The third-order valence-corrected chi connectivity index (χ3v) is 7.91. The number of sulfonamides is 1. The molecule has 1 unspecified atom stereocenters. The van der Waals surface area contributed by atoms with Crippen molar-refractivity contribution in [3.8, 4) is 0 Å². The molecule has 2 aliphatic rings. The topological polar surface area (TPSA) is 60.9 Å². The van der Waals surface area contributed by atoms with Gasteiger partial charge in [0.2, 0.25) is 15.9 Å². The zero-order chi connectivity index (χ0) is 19.0. The summed E-state index contributed by atoms with van der Waals surface area (Å²) in [6, 6.07) is 0.165. The second-order valence-corrected chi connectivity index (χ2v) is 10.8. The molecular formula is C18H35N3O3S. The quantitative estimate of drug-likeness (QED) is 0.737. The summed E-state index contributed by atoms with van der Waals surface area (Å²) in [7, 11) is -1.83. The van der Waals surface area contributed by atoms with Gasteiger partial charge in [-0.15, -0.1) is 0 Å². The van der Waals surface area contributed by atoms with E-state index < -0.39 is 16.1 Å². The molecule has 2 heterocycles. The summed E-state index contributed by atoms with van der Waals surface area (Å²) in [5.41, 5.74) is -0.344. The average molecular weight is 374 g/mol. The third-order valence-electron chi connectivity index (χ3n) is 6.09. The Bertz CT molecular complexity index is 580. The summed E-state index contributed by atoms with van der Waals surface area (Å²) < 4.78 is 26.1. The minimum absolute atomic E-state index is 0.0150. The maximum absolute atomic E-state index is 13.3. The Morgan fingerprint density at radius 1 is 1.20 bits per heavy atom. The largest absolute Gasteiger partial charge is 0.338 e. The molecule has 2 aliphatic heterocycles. The van der Waals surface area contributed by atoms with Gasteiger partial charge in [-0.3, -0.25) is 4.79 Å². The molecule has 1 amide bonds. The number of amides is 1. The van der Waals surface area contributed by atoms with Gasteiger partial charge >= 0.3 is 0 Å². The van der Waals surface area contributed by atoms with Gasteiger partial charge < -0.3 is 9.80 Å². The van der Waals surface area contributed by atoms with Crippen LogP contribution in [0.4, 0.5) is 0 Å². The molecule has 0 aromatic rings. The van der Waals surface area contributed by atoms with Crippen molar-refractivity contribution >= 4 is 15.9 Å². The van der Waals surface area contributed by atoms with E-state index in [0.29, 0.717) is 6.04 Å². The summed E-state index contributed by atoms with van der Waals surface area (Å²) in [6.07, 6.45) is 2.78. The van der Waals surface area contributed by atoms with Crippen LogP contribution in [0.2, 0.25) is 0 Å². The first-order valence-electron chi connectivity index (χ1n) is 9.51. The number of likely N-dealkylation sites (N-methyl/N-ethyl adjacent to an activating group) is 1. The van der Waals surface area contributed by atoms with Gasteiger partial charge in [-0.05, 0) is 45.4 Å². The van der Waals surface area contributed by atoms with Crippen molar-refractivity contribution in [1.82, 2.24) is 14.1 Å². The Morgan fingerprint density at radius 3 is 2.24 bits per heavy atom. The molecule has 0 N–H and O–H groups in total. The van der Waals surface area contributed by atoms with E-state index in [0.717, 1.165) is 38.9 Å². The molecular weight excluding hydrogens is 338 g/mol. The van der Waals surface area contributed by atoms with Crippen molar-refractivity contribution in [3.05, 3.63) is 0 Å². The van der Waals surface area contributed by atoms with Gasteiger partial charge in [0, 0.05) is 38.8 Å². The predicted molar refractivity (Wildman–Crippen MR) is 101 cm³/mol. The van der Waals surface area contributed by atoms with Crippen LogP contribution in [0, 0.1) is 5.41 Å². The van der Waals surface area contributed by atoms with Crippen LogP contribution in [0.15, 0.2) is 0 Å². The van der Waals surface area contributed by atoms with Gasteiger partial charge in [-0.2, -0.15) is 4.31 Å². The van der Waals surface area contributed by atoms with E-state index in [1.54, 1.807) is 14.0 Å². The molecule has 0 saturated carbocycles. The zero-order valence-electron chi connectivity index (χ0n) is 16.7. The highest BCUT2D eigenvalue weighted by atomic mass is 32.2. The molecule has 2 fully saturated rings. The molecule has 1 atom stereocenters. The average Bonchev–Trinajstić information content (AvgIpc) is 2.54.